The van der Waals surface area contributed by atoms with Crippen molar-refractivity contribution >= 4 is 33.0 Å². The molecule has 0 saturated heterocycles. The van der Waals surface area contributed by atoms with Gasteiger partial charge in [0.15, 0.2) is 9.84 Å². The van der Waals surface area contributed by atoms with Gasteiger partial charge in [-0.25, -0.2) is 8.42 Å². The highest BCUT2D eigenvalue weighted by atomic mass is 32.2. The van der Waals surface area contributed by atoms with Gasteiger partial charge in [0.25, 0.3) is 0 Å². The average Bonchev–Trinajstić information content (AvgIpc) is 2.45. The van der Waals surface area contributed by atoms with Gasteiger partial charge in [-0.2, -0.15) is 13.2 Å². The molecule has 2 N–H and O–H groups in total. The van der Waals surface area contributed by atoms with Crippen molar-refractivity contribution in [3.63, 3.8) is 0 Å². The molecule has 2 rings (SSSR count). The smallest absolute Gasteiger partial charge is 0.326 e. The number of rotatable bonds is 5. The Morgan fingerprint density at radius 1 is 1.36 bits per heavy atom. The van der Waals surface area contributed by atoms with Gasteiger partial charge in [-0.15, -0.1) is 0 Å². The third-order valence-electron chi connectivity index (χ3n) is 3.77. The normalized spacial score (nSPS) is 17.4. The third kappa shape index (κ3) is 5.18. The Balaban J connectivity index is 2.11. The van der Waals surface area contributed by atoms with Gasteiger partial charge in [-0.1, -0.05) is 13.3 Å². The zero-order valence-electron chi connectivity index (χ0n) is 13.3. The van der Waals surface area contributed by atoms with Crippen LogP contribution < -0.4 is 10.6 Å². The molecule has 1 aromatic carbocycles. The van der Waals surface area contributed by atoms with Gasteiger partial charge in [0.1, 0.15) is 5.75 Å². The Bertz CT molecular complexity index is 790. The molecule has 10 heteroatoms. The van der Waals surface area contributed by atoms with E-state index in [4.69, 9.17) is 0 Å². The van der Waals surface area contributed by atoms with Crippen LogP contribution in [0.25, 0.3) is 0 Å². The summed E-state index contributed by atoms with van der Waals surface area (Å²) in [5.41, 5.74) is 0.253. The predicted octanol–water partition coefficient (Wildman–Crippen LogP) is 2.72. The summed E-state index contributed by atoms with van der Waals surface area (Å²) in [5, 5.41) is 4.82. The highest BCUT2D eigenvalue weighted by Crippen LogP contribution is 2.31. The summed E-state index contributed by atoms with van der Waals surface area (Å²) in [7, 11) is -3.81. The molecule has 1 heterocycles. The van der Waals surface area contributed by atoms with Gasteiger partial charge in [0, 0.05) is 18.5 Å². The second-order valence-electron chi connectivity index (χ2n) is 5.86. The van der Waals surface area contributed by atoms with Crippen LogP contribution >= 0.6 is 0 Å². The van der Waals surface area contributed by atoms with Crippen LogP contribution in [0.15, 0.2) is 23.1 Å². The van der Waals surface area contributed by atoms with Crippen molar-refractivity contribution < 1.29 is 31.2 Å². The molecular weight excluding hydrogens is 361 g/mol. The Kier molecular flexibility index (Phi) is 5.40. The first-order valence-electron chi connectivity index (χ1n) is 7.53. The molecule has 0 spiro atoms. The lowest BCUT2D eigenvalue weighted by molar-refractivity contribution is -0.146. The highest BCUT2D eigenvalue weighted by Gasteiger charge is 2.32. The SMILES string of the molecule is CCC(CC(=O)Nc1ccc2c(c1)S(=O)(=O)CC(=O)N2)CC(F)(F)F. The second kappa shape index (κ2) is 7.03. The Morgan fingerprint density at radius 2 is 2.04 bits per heavy atom. The van der Waals surface area contributed by atoms with E-state index in [-0.39, 0.29) is 29.1 Å². The van der Waals surface area contributed by atoms with E-state index in [2.05, 4.69) is 10.6 Å². The zero-order chi connectivity index (χ0) is 18.8. The number of benzene rings is 1. The van der Waals surface area contributed by atoms with Crippen LogP contribution in [-0.4, -0.2) is 32.2 Å². The Morgan fingerprint density at radius 3 is 2.64 bits per heavy atom. The van der Waals surface area contributed by atoms with E-state index in [1.807, 2.05) is 0 Å². The number of anilines is 2. The van der Waals surface area contributed by atoms with Crippen LogP contribution in [0.1, 0.15) is 26.2 Å². The molecule has 1 aromatic rings. The van der Waals surface area contributed by atoms with E-state index in [0.717, 1.165) is 0 Å². The lowest BCUT2D eigenvalue weighted by Gasteiger charge is -2.19. The molecule has 1 atom stereocenters. The maximum absolute atomic E-state index is 12.4. The van der Waals surface area contributed by atoms with E-state index in [1.165, 1.54) is 18.2 Å². The first-order valence-corrected chi connectivity index (χ1v) is 9.18. The lowest BCUT2D eigenvalue weighted by atomic mass is 9.97. The summed E-state index contributed by atoms with van der Waals surface area (Å²) < 4.78 is 61.3. The molecule has 1 aliphatic heterocycles. The van der Waals surface area contributed by atoms with Gasteiger partial charge < -0.3 is 10.6 Å². The zero-order valence-corrected chi connectivity index (χ0v) is 14.1. The molecule has 0 fully saturated rings. The van der Waals surface area contributed by atoms with Crippen molar-refractivity contribution in [1.29, 1.82) is 0 Å². The van der Waals surface area contributed by atoms with Gasteiger partial charge >= 0.3 is 6.18 Å². The summed E-state index contributed by atoms with van der Waals surface area (Å²) >= 11 is 0. The minimum atomic E-state index is -4.35. The molecular formula is C15H17F3N2O4S. The number of fused-ring (bicyclic) bond motifs is 1. The van der Waals surface area contributed by atoms with Gasteiger partial charge in [-0.05, 0) is 24.1 Å². The maximum atomic E-state index is 12.4. The average molecular weight is 378 g/mol. The molecule has 0 bridgehead atoms. The van der Waals surface area contributed by atoms with Crippen LogP contribution in [0.3, 0.4) is 0 Å². The first-order chi connectivity index (χ1) is 11.5. The van der Waals surface area contributed by atoms with E-state index in [0.29, 0.717) is 0 Å². The monoisotopic (exact) mass is 378 g/mol. The summed E-state index contributed by atoms with van der Waals surface area (Å²) in [6.45, 7) is 1.57. The van der Waals surface area contributed by atoms with Crippen LogP contribution in [0, 0.1) is 5.92 Å². The van der Waals surface area contributed by atoms with Crippen molar-refractivity contribution in [3.8, 4) is 0 Å². The van der Waals surface area contributed by atoms with Crippen LogP contribution in [0.5, 0.6) is 0 Å². The van der Waals surface area contributed by atoms with Crippen molar-refractivity contribution in [2.24, 2.45) is 5.92 Å². The molecule has 2 amide bonds. The number of carbonyl (C=O) groups excluding carboxylic acids is 2. The number of hydrogen-bond acceptors (Lipinski definition) is 4. The molecule has 0 aliphatic carbocycles. The number of hydrogen-bond donors (Lipinski definition) is 2. The minimum absolute atomic E-state index is 0.109. The third-order valence-corrected chi connectivity index (χ3v) is 5.42. The number of amides is 2. The van der Waals surface area contributed by atoms with Crippen LogP contribution in [-0.2, 0) is 19.4 Å². The maximum Gasteiger partial charge on any atom is 0.389 e. The van der Waals surface area contributed by atoms with Gasteiger partial charge in [0.2, 0.25) is 11.8 Å². The number of nitrogens with one attached hydrogen (secondary N) is 2. The van der Waals surface area contributed by atoms with Crippen LogP contribution in [0.4, 0.5) is 24.5 Å². The number of alkyl halides is 3. The van der Waals surface area contributed by atoms with Crippen LogP contribution in [0.2, 0.25) is 0 Å². The number of sulfone groups is 1. The van der Waals surface area contributed by atoms with Crippen molar-refractivity contribution in [3.05, 3.63) is 18.2 Å². The summed E-state index contributed by atoms with van der Waals surface area (Å²) in [6.07, 6.45) is -5.53. The molecule has 138 valence electrons. The largest absolute Gasteiger partial charge is 0.389 e. The Hall–Kier alpha value is -2.10. The standard InChI is InChI=1S/C15H17F3N2O4S/c1-2-9(7-15(16,17)18)5-13(21)19-10-3-4-11-12(6-10)25(23,24)8-14(22)20-11/h3-4,6,9H,2,5,7-8H2,1H3,(H,19,21)(H,20,22). The molecule has 6 nitrogen and oxygen atoms in total. The van der Waals surface area contributed by atoms with Crippen molar-refractivity contribution in [1.82, 2.24) is 0 Å². The fourth-order valence-electron chi connectivity index (χ4n) is 2.56. The van der Waals surface area contributed by atoms with Crippen molar-refractivity contribution in [2.45, 2.75) is 37.3 Å². The molecule has 1 unspecified atom stereocenters. The highest BCUT2D eigenvalue weighted by molar-refractivity contribution is 7.92. The van der Waals surface area contributed by atoms with Gasteiger partial charge in [0.05, 0.1) is 10.6 Å². The van der Waals surface area contributed by atoms with E-state index >= 15 is 0 Å². The second-order valence-corrected chi connectivity index (χ2v) is 7.82. The molecule has 0 radical (unpaired) electrons. The predicted molar refractivity (Wildman–Crippen MR) is 84.8 cm³/mol. The van der Waals surface area contributed by atoms with Crippen molar-refractivity contribution in [2.75, 3.05) is 16.4 Å². The first kappa shape index (κ1) is 19.2. The van der Waals surface area contributed by atoms with Gasteiger partial charge in [-0.3, -0.25) is 9.59 Å². The lowest BCUT2D eigenvalue weighted by Crippen LogP contribution is -2.29. The fourth-order valence-corrected chi connectivity index (χ4v) is 3.89. The number of carbonyl (C=O) groups is 2. The van der Waals surface area contributed by atoms with E-state index in [9.17, 15) is 31.2 Å². The summed E-state index contributed by atoms with van der Waals surface area (Å²) in [4.78, 5) is 23.1. The molecule has 25 heavy (non-hydrogen) atoms. The molecule has 1 aliphatic rings. The number of halogens is 3. The van der Waals surface area contributed by atoms with E-state index < -0.39 is 45.9 Å². The summed E-state index contributed by atoms with van der Waals surface area (Å²) in [5.74, 6) is -2.82. The molecule has 0 aromatic heterocycles. The Labute approximate surface area is 142 Å². The fraction of sp³-hybridized carbons (Fsp3) is 0.467. The topological polar surface area (TPSA) is 92.3 Å². The summed E-state index contributed by atoms with van der Waals surface area (Å²) in [6, 6.07) is 3.89. The van der Waals surface area contributed by atoms with E-state index in [1.54, 1.807) is 6.92 Å². The molecule has 0 saturated carbocycles. The minimum Gasteiger partial charge on any atom is -0.326 e. The quantitative estimate of drug-likeness (QED) is 0.824.